The zero-order valence-corrected chi connectivity index (χ0v) is 15.5. The Morgan fingerprint density at radius 2 is 1.80 bits per heavy atom. The van der Waals surface area contributed by atoms with Crippen molar-refractivity contribution in [3.8, 4) is 0 Å². The van der Waals surface area contributed by atoms with Gasteiger partial charge in [-0.15, -0.1) is 0 Å². The minimum atomic E-state index is -1.00. The molecule has 1 heterocycles. The van der Waals surface area contributed by atoms with E-state index in [1.165, 1.54) is 22.9 Å². The molecule has 0 radical (unpaired) electrons. The molecule has 0 saturated heterocycles. The van der Waals surface area contributed by atoms with Crippen LogP contribution in [0, 0.1) is 5.82 Å². The Bertz CT molecular complexity index is 815. The van der Waals surface area contributed by atoms with Gasteiger partial charge in [-0.1, -0.05) is 0 Å². The van der Waals surface area contributed by atoms with Crippen molar-refractivity contribution in [2.24, 2.45) is 0 Å². The lowest BCUT2D eigenvalue weighted by molar-refractivity contribution is -0.148. The first kappa shape index (κ1) is 19.0. The summed E-state index contributed by atoms with van der Waals surface area (Å²) in [5.41, 5.74) is -0.773. The highest BCUT2D eigenvalue weighted by molar-refractivity contribution is 5.96. The molecule has 0 amide bonds. The molecule has 0 fully saturated rings. The summed E-state index contributed by atoms with van der Waals surface area (Å²) in [5, 5.41) is 0.602. The maximum absolute atomic E-state index is 13.7. The van der Waals surface area contributed by atoms with E-state index in [0.29, 0.717) is 16.5 Å². The quantitative estimate of drug-likeness (QED) is 0.771. The molecular formula is C19H24FNO4. The van der Waals surface area contributed by atoms with Gasteiger partial charge in [0.1, 0.15) is 11.4 Å². The molecule has 0 aliphatic heterocycles. The van der Waals surface area contributed by atoms with E-state index in [4.69, 9.17) is 9.47 Å². The van der Waals surface area contributed by atoms with Crippen LogP contribution in [-0.2, 0) is 19.7 Å². The van der Waals surface area contributed by atoms with E-state index < -0.39 is 28.9 Å². The lowest BCUT2D eigenvalue weighted by Gasteiger charge is -2.22. The van der Waals surface area contributed by atoms with Crippen LogP contribution in [0.1, 0.15) is 47.1 Å². The topological polar surface area (TPSA) is 57.5 Å². The van der Waals surface area contributed by atoms with Gasteiger partial charge in [0.2, 0.25) is 0 Å². The van der Waals surface area contributed by atoms with Crippen molar-refractivity contribution < 1.29 is 23.5 Å². The molecule has 0 atom stereocenters. The van der Waals surface area contributed by atoms with Crippen LogP contribution in [0.5, 0.6) is 0 Å². The second kappa shape index (κ2) is 6.50. The second-order valence-corrected chi connectivity index (χ2v) is 7.40. The van der Waals surface area contributed by atoms with Crippen molar-refractivity contribution in [1.29, 1.82) is 0 Å². The summed E-state index contributed by atoms with van der Waals surface area (Å²) < 4.78 is 25.5. The van der Waals surface area contributed by atoms with Gasteiger partial charge in [-0.3, -0.25) is 9.36 Å². The fourth-order valence-electron chi connectivity index (χ4n) is 2.58. The summed E-state index contributed by atoms with van der Waals surface area (Å²) in [4.78, 5) is 24.9. The number of carbonyl (C=O) groups is 2. The molecule has 2 aromatic rings. The summed E-state index contributed by atoms with van der Waals surface area (Å²) >= 11 is 0. The van der Waals surface area contributed by atoms with Crippen LogP contribution >= 0.6 is 0 Å². The van der Waals surface area contributed by atoms with Crippen LogP contribution in [0.3, 0.4) is 0 Å². The maximum Gasteiger partial charge on any atom is 0.419 e. The Balaban J connectivity index is 2.64. The molecule has 2 rings (SSSR count). The number of ether oxygens (including phenoxy) is 2. The number of esters is 1. The maximum atomic E-state index is 13.7. The van der Waals surface area contributed by atoms with E-state index >= 15 is 0 Å². The molecule has 1 aromatic carbocycles. The Morgan fingerprint density at radius 3 is 2.36 bits per heavy atom. The molecule has 0 N–H and O–H groups in total. The fourth-order valence-corrected chi connectivity index (χ4v) is 2.58. The Hall–Kier alpha value is -2.37. The Kier molecular flexibility index (Phi) is 4.93. The van der Waals surface area contributed by atoms with Crippen molar-refractivity contribution in [2.45, 2.75) is 52.6 Å². The third-order valence-electron chi connectivity index (χ3n) is 3.82. The fraction of sp³-hybridized carbons (Fsp3) is 0.474. The lowest BCUT2D eigenvalue weighted by Crippen LogP contribution is -2.31. The normalized spacial score (nSPS) is 12.3. The molecular weight excluding hydrogens is 325 g/mol. The number of hydrogen-bond donors (Lipinski definition) is 0. The van der Waals surface area contributed by atoms with Crippen LogP contribution in [0.4, 0.5) is 9.18 Å². The summed E-state index contributed by atoms with van der Waals surface area (Å²) in [5.74, 6) is -0.890. The van der Waals surface area contributed by atoms with Gasteiger partial charge in [-0.05, 0) is 65.3 Å². The van der Waals surface area contributed by atoms with Crippen LogP contribution in [0.2, 0.25) is 0 Å². The predicted octanol–water partition coefficient (Wildman–Crippen LogP) is 4.40. The minimum Gasteiger partial charge on any atom is -0.465 e. The largest absolute Gasteiger partial charge is 0.465 e. The first-order valence-electron chi connectivity index (χ1n) is 8.19. The van der Waals surface area contributed by atoms with Gasteiger partial charge < -0.3 is 9.47 Å². The van der Waals surface area contributed by atoms with Gasteiger partial charge in [0, 0.05) is 11.6 Å². The molecule has 0 saturated carbocycles. The first-order valence-corrected chi connectivity index (χ1v) is 8.19. The first-order chi connectivity index (χ1) is 11.5. The third-order valence-corrected chi connectivity index (χ3v) is 3.82. The van der Waals surface area contributed by atoms with E-state index in [1.54, 1.807) is 47.6 Å². The number of halogens is 1. The van der Waals surface area contributed by atoms with E-state index in [1.807, 2.05) is 0 Å². The average molecular weight is 349 g/mol. The van der Waals surface area contributed by atoms with Crippen LogP contribution < -0.4 is 0 Å². The monoisotopic (exact) mass is 349 g/mol. The van der Waals surface area contributed by atoms with Crippen molar-refractivity contribution in [3.05, 3.63) is 35.8 Å². The van der Waals surface area contributed by atoms with Gasteiger partial charge in [-0.25, -0.2) is 9.18 Å². The van der Waals surface area contributed by atoms with E-state index in [-0.39, 0.29) is 6.61 Å². The highest BCUT2D eigenvalue weighted by Crippen LogP contribution is 2.34. The molecule has 1 aromatic heterocycles. The number of fused-ring (bicyclic) bond motifs is 1. The van der Waals surface area contributed by atoms with Crippen LogP contribution in [0.25, 0.3) is 10.9 Å². The van der Waals surface area contributed by atoms with Gasteiger partial charge >= 0.3 is 12.1 Å². The summed E-state index contributed by atoms with van der Waals surface area (Å²) in [7, 11) is 0. The summed E-state index contributed by atoms with van der Waals surface area (Å²) in [6.07, 6.45) is 0.892. The standard InChI is InChI=1S/C19H24FNO4/c1-7-24-16(22)19(5,6)14-11-21(17(23)25-18(2,3)4)15-10-12(20)8-9-13(14)15/h8-11H,7H2,1-6H3. The number of nitrogens with zero attached hydrogens (tertiary/aromatic N) is 1. The number of hydrogen-bond acceptors (Lipinski definition) is 4. The average Bonchev–Trinajstić information content (AvgIpc) is 2.85. The zero-order valence-electron chi connectivity index (χ0n) is 15.5. The predicted molar refractivity (Wildman–Crippen MR) is 93.2 cm³/mol. The van der Waals surface area contributed by atoms with E-state index in [9.17, 15) is 14.0 Å². The molecule has 0 bridgehead atoms. The zero-order chi connectivity index (χ0) is 19.0. The number of aromatic nitrogens is 1. The van der Waals surface area contributed by atoms with Crippen molar-refractivity contribution in [1.82, 2.24) is 4.57 Å². The summed E-state index contributed by atoms with van der Waals surface area (Å²) in [6, 6.07) is 4.11. The third kappa shape index (κ3) is 3.83. The van der Waals surface area contributed by atoms with Crippen molar-refractivity contribution >= 4 is 23.0 Å². The molecule has 5 nitrogen and oxygen atoms in total. The number of benzene rings is 1. The van der Waals surface area contributed by atoms with Gasteiger partial charge in [0.25, 0.3) is 0 Å². The minimum absolute atomic E-state index is 0.252. The van der Waals surface area contributed by atoms with E-state index in [0.717, 1.165) is 0 Å². The molecule has 0 aliphatic carbocycles. The number of rotatable bonds is 3. The Labute approximate surface area is 146 Å². The second-order valence-electron chi connectivity index (χ2n) is 7.40. The van der Waals surface area contributed by atoms with Crippen molar-refractivity contribution in [2.75, 3.05) is 6.61 Å². The molecule has 0 spiro atoms. The molecule has 6 heteroatoms. The molecule has 0 aliphatic rings. The smallest absolute Gasteiger partial charge is 0.419 e. The van der Waals surface area contributed by atoms with Gasteiger partial charge in [0.05, 0.1) is 17.5 Å². The molecule has 136 valence electrons. The highest BCUT2D eigenvalue weighted by Gasteiger charge is 2.35. The van der Waals surface area contributed by atoms with E-state index in [2.05, 4.69) is 0 Å². The SMILES string of the molecule is CCOC(=O)C(C)(C)c1cn(C(=O)OC(C)(C)C)c2cc(F)ccc12. The Morgan fingerprint density at radius 1 is 1.16 bits per heavy atom. The highest BCUT2D eigenvalue weighted by atomic mass is 19.1. The van der Waals surface area contributed by atoms with Gasteiger partial charge in [-0.2, -0.15) is 0 Å². The molecule has 25 heavy (non-hydrogen) atoms. The van der Waals surface area contributed by atoms with Gasteiger partial charge in [0.15, 0.2) is 0 Å². The van der Waals surface area contributed by atoms with Crippen LogP contribution in [-0.4, -0.2) is 28.8 Å². The number of carbonyl (C=O) groups excluding carboxylic acids is 2. The summed E-state index contributed by atoms with van der Waals surface area (Å²) in [6.45, 7) is 10.7. The molecule has 0 unspecified atom stereocenters. The van der Waals surface area contributed by atoms with Crippen LogP contribution in [0.15, 0.2) is 24.4 Å². The van der Waals surface area contributed by atoms with Crippen molar-refractivity contribution in [3.63, 3.8) is 0 Å². The lowest BCUT2D eigenvalue weighted by atomic mass is 9.84.